The Bertz CT molecular complexity index is 1020. The van der Waals surface area contributed by atoms with Crippen LogP contribution in [0.4, 0.5) is 11.8 Å². The molecule has 0 aliphatic carbocycles. The van der Waals surface area contributed by atoms with Gasteiger partial charge in [-0.1, -0.05) is 42.5 Å². The molecule has 4 unspecified atom stereocenters. The number of hydrogen-bond acceptors (Lipinski definition) is 5. The Balaban J connectivity index is 1.36. The summed E-state index contributed by atoms with van der Waals surface area (Å²) in [5.41, 5.74) is 2.28. The largest absolute Gasteiger partial charge is 0.365 e. The van der Waals surface area contributed by atoms with Gasteiger partial charge in [-0.2, -0.15) is 4.98 Å². The lowest BCUT2D eigenvalue weighted by Crippen LogP contribution is -2.52. The summed E-state index contributed by atoms with van der Waals surface area (Å²) in [6.45, 7) is 1.82. The number of fused-ring (bicyclic) bond motifs is 6. The van der Waals surface area contributed by atoms with Gasteiger partial charge in [0.2, 0.25) is 5.95 Å². The van der Waals surface area contributed by atoms with E-state index in [-0.39, 0.29) is 0 Å². The molecule has 2 bridgehead atoms. The zero-order valence-electron chi connectivity index (χ0n) is 16.6. The maximum absolute atomic E-state index is 5.06. The number of hydrogen-bond donors (Lipinski definition) is 2. The highest BCUT2D eigenvalue weighted by atomic mass is 15.3. The van der Waals surface area contributed by atoms with Gasteiger partial charge in [-0.3, -0.25) is 0 Å². The van der Waals surface area contributed by atoms with Crippen LogP contribution >= 0.6 is 0 Å². The number of rotatable bonds is 4. The van der Waals surface area contributed by atoms with Gasteiger partial charge in [0.05, 0.1) is 11.6 Å². The first kappa shape index (κ1) is 17.2. The number of aromatic nitrogens is 2. The Kier molecular flexibility index (Phi) is 4.15. The summed E-state index contributed by atoms with van der Waals surface area (Å²) in [7, 11) is 0. The zero-order chi connectivity index (χ0) is 19.2. The van der Waals surface area contributed by atoms with E-state index in [9.17, 15) is 0 Å². The highest BCUT2D eigenvalue weighted by Gasteiger charge is 2.51. The fourth-order valence-corrected chi connectivity index (χ4v) is 5.75. The first-order chi connectivity index (χ1) is 14.4. The van der Waals surface area contributed by atoms with Crippen LogP contribution in [0.3, 0.4) is 0 Å². The van der Waals surface area contributed by atoms with Gasteiger partial charge in [0, 0.05) is 30.6 Å². The summed E-state index contributed by atoms with van der Waals surface area (Å²) in [5, 5.41) is 8.53. The van der Waals surface area contributed by atoms with Crippen LogP contribution < -0.4 is 15.5 Å². The summed E-state index contributed by atoms with van der Waals surface area (Å²) in [5.74, 6) is 2.58. The van der Waals surface area contributed by atoms with Crippen LogP contribution in [0.1, 0.15) is 31.2 Å². The highest BCUT2D eigenvalue weighted by Crippen LogP contribution is 2.43. The fraction of sp³-hybridized carbons (Fsp3) is 0.417. The van der Waals surface area contributed by atoms with E-state index in [1.165, 1.54) is 31.2 Å². The Labute approximate surface area is 171 Å². The molecule has 0 spiro atoms. The average molecular weight is 386 g/mol. The van der Waals surface area contributed by atoms with Crippen molar-refractivity contribution >= 4 is 22.7 Å². The third-order valence-electron chi connectivity index (χ3n) is 7.03. The third kappa shape index (κ3) is 2.96. The number of anilines is 2. The fourth-order valence-electron chi connectivity index (χ4n) is 5.75. The summed E-state index contributed by atoms with van der Waals surface area (Å²) < 4.78 is 0. The minimum absolute atomic E-state index is 0.547. The molecule has 29 heavy (non-hydrogen) atoms. The molecule has 1 aromatic heterocycles. The van der Waals surface area contributed by atoms with Crippen molar-refractivity contribution in [2.45, 2.75) is 50.4 Å². The molecule has 4 atom stereocenters. The monoisotopic (exact) mass is 385 g/mol. The third-order valence-corrected chi connectivity index (χ3v) is 7.03. The van der Waals surface area contributed by atoms with Gasteiger partial charge in [-0.15, -0.1) is 0 Å². The van der Waals surface area contributed by atoms with E-state index in [0.29, 0.717) is 18.1 Å². The van der Waals surface area contributed by atoms with Gasteiger partial charge >= 0.3 is 0 Å². The molecule has 4 heterocycles. The van der Waals surface area contributed by atoms with Crippen molar-refractivity contribution in [3.05, 3.63) is 60.2 Å². The lowest BCUT2D eigenvalue weighted by Gasteiger charge is -2.42. The first-order valence-electron chi connectivity index (χ1n) is 10.9. The molecule has 3 saturated heterocycles. The van der Waals surface area contributed by atoms with Gasteiger partial charge in [0.1, 0.15) is 5.82 Å². The van der Waals surface area contributed by atoms with Crippen molar-refractivity contribution in [3.8, 4) is 0 Å². The van der Waals surface area contributed by atoms with Crippen LogP contribution in [-0.4, -0.2) is 34.6 Å². The van der Waals surface area contributed by atoms with Crippen molar-refractivity contribution in [2.75, 3.05) is 16.8 Å². The van der Waals surface area contributed by atoms with Crippen LogP contribution in [-0.2, 0) is 6.54 Å². The molecule has 3 aromatic rings. The number of piperidine rings is 1. The quantitative estimate of drug-likeness (QED) is 0.712. The normalized spacial score (nSPS) is 27.9. The van der Waals surface area contributed by atoms with E-state index in [2.05, 4.69) is 70.1 Å². The second kappa shape index (κ2) is 6.99. The van der Waals surface area contributed by atoms with Crippen molar-refractivity contribution in [3.63, 3.8) is 0 Å². The molecule has 3 aliphatic rings. The van der Waals surface area contributed by atoms with Gasteiger partial charge in [0.15, 0.2) is 0 Å². The van der Waals surface area contributed by atoms with E-state index in [0.717, 1.165) is 41.7 Å². The van der Waals surface area contributed by atoms with Crippen LogP contribution in [0, 0.1) is 5.92 Å². The summed E-state index contributed by atoms with van der Waals surface area (Å²) in [4.78, 5) is 12.6. The van der Waals surface area contributed by atoms with E-state index in [1.807, 2.05) is 0 Å². The molecule has 6 rings (SSSR count). The van der Waals surface area contributed by atoms with Gasteiger partial charge < -0.3 is 15.5 Å². The highest BCUT2D eigenvalue weighted by molar-refractivity contribution is 5.90. The SMILES string of the molecule is c1ccc(CNc2nc(N3CCCC4C5CCC(N5)C43)nc3ccccc23)cc1. The van der Waals surface area contributed by atoms with Gasteiger partial charge in [0.25, 0.3) is 0 Å². The summed E-state index contributed by atoms with van der Waals surface area (Å²) >= 11 is 0. The van der Waals surface area contributed by atoms with Gasteiger partial charge in [-0.25, -0.2) is 4.98 Å². The van der Waals surface area contributed by atoms with E-state index in [1.54, 1.807) is 0 Å². The van der Waals surface area contributed by atoms with Crippen LogP contribution in [0.5, 0.6) is 0 Å². The number of nitrogens with one attached hydrogen (secondary N) is 2. The van der Waals surface area contributed by atoms with Crippen LogP contribution in [0.2, 0.25) is 0 Å². The Morgan fingerprint density at radius 2 is 1.76 bits per heavy atom. The number of para-hydroxylation sites is 1. The molecule has 3 aliphatic heterocycles. The molecule has 0 radical (unpaired) electrons. The molecule has 0 amide bonds. The molecule has 0 saturated carbocycles. The van der Waals surface area contributed by atoms with E-state index in [4.69, 9.17) is 9.97 Å². The predicted molar refractivity (Wildman–Crippen MR) is 117 cm³/mol. The van der Waals surface area contributed by atoms with Crippen molar-refractivity contribution in [1.82, 2.24) is 15.3 Å². The summed E-state index contributed by atoms with van der Waals surface area (Å²) in [6.07, 6.45) is 5.19. The minimum atomic E-state index is 0.547. The Morgan fingerprint density at radius 3 is 2.69 bits per heavy atom. The predicted octanol–water partition coefficient (Wildman–Crippen LogP) is 3.96. The van der Waals surface area contributed by atoms with Crippen molar-refractivity contribution < 1.29 is 0 Å². The van der Waals surface area contributed by atoms with Crippen LogP contribution in [0.15, 0.2) is 54.6 Å². The molecule has 2 N–H and O–H groups in total. The molecule has 5 nitrogen and oxygen atoms in total. The van der Waals surface area contributed by atoms with Crippen molar-refractivity contribution in [1.29, 1.82) is 0 Å². The van der Waals surface area contributed by atoms with Crippen LogP contribution in [0.25, 0.3) is 10.9 Å². The molecule has 5 heteroatoms. The lowest BCUT2D eigenvalue weighted by molar-refractivity contribution is 0.280. The molecular formula is C24H27N5. The maximum atomic E-state index is 5.06. The minimum Gasteiger partial charge on any atom is -0.365 e. The lowest BCUT2D eigenvalue weighted by atomic mass is 9.78. The Morgan fingerprint density at radius 1 is 0.931 bits per heavy atom. The number of nitrogens with zero attached hydrogens (tertiary/aromatic N) is 3. The topological polar surface area (TPSA) is 53.1 Å². The first-order valence-corrected chi connectivity index (χ1v) is 10.9. The maximum Gasteiger partial charge on any atom is 0.228 e. The number of benzene rings is 2. The second-order valence-electron chi connectivity index (χ2n) is 8.68. The second-order valence-corrected chi connectivity index (χ2v) is 8.68. The van der Waals surface area contributed by atoms with E-state index >= 15 is 0 Å². The van der Waals surface area contributed by atoms with E-state index < -0.39 is 0 Å². The van der Waals surface area contributed by atoms with Crippen molar-refractivity contribution in [2.24, 2.45) is 5.92 Å². The zero-order valence-corrected chi connectivity index (χ0v) is 16.6. The average Bonchev–Trinajstić information content (AvgIpc) is 3.41. The van der Waals surface area contributed by atoms with Gasteiger partial charge in [-0.05, 0) is 49.3 Å². The molecular weight excluding hydrogens is 358 g/mol. The Hall–Kier alpha value is -2.66. The smallest absolute Gasteiger partial charge is 0.228 e. The standard InChI is InChI=1S/C24H27N5/c1-2-7-16(8-3-1)15-25-23-18-9-4-5-11-19(18)27-24(28-23)29-14-6-10-17-20-12-13-21(26-20)22(17)29/h1-5,7-9,11,17,20-22,26H,6,10,12-15H2,(H,25,27,28). The molecule has 3 fully saturated rings. The molecule has 2 aromatic carbocycles. The molecule has 148 valence electrons. The summed E-state index contributed by atoms with van der Waals surface area (Å²) in [6, 6.07) is 20.7.